The van der Waals surface area contributed by atoms with Crippen LogP contribution >= 0.6 is 0 Å². The van der Waals surface area contributed by atoms with E-state index in [-0.39, 0.29) is 18.1 Å². The maximum atomic E-state index is 6.76. The zero-order chi connectivity index (χ0) is 27.9. The van der Waals surface area contributed by atoms with Crippen LogP contribution in [0.1, 0.15) is 28.4 Å². The average molecular weight is 553 g/mol. The maximum Gasteiger partial charge on any atom is 0.208 e. The first-order chi connectivity index (χ1) is 20.3. The lowest BCUT2D eigenvalue weighted by Crippen LogP contribution is -2.61. The van der Waals surface area contributed by atoms with Gasteiger partial charge in [0.05, 0.1) is 44.6 Å². The van der Waals surface area contributed by atoms with E-state index in [1.165, 1.54) is 0 Å². The first-order valence-corrected chi connectivity index (χ1v) is 14.2. The van der Waals surface area contributed by atoms with E-state index < -0.39 is 18.5 Å². The number of ether oxygens (including phenoxy) is 6. The summed E-state index contributed by atoms with van der Waals surface area (Å²) >= 11 is 0. The molecule has 2 heterocycles. The van der Waals surface area contributed by atoms with Gasteiger partial charge in [0.15, 0.2) is 0 Å². The quantitative estimate of drug-likeness (QED) is 0.212. The Kier molecular flexibility index (Phi) is 9.05. The number of hydrogen-bond acceptors (Lipinski definition) is 6. The van der Waals surface area contributed by atoms with Crippen LogP contribution in [0.3, 0.4) is 0 Å². The van der Waals surface area contributed by atoms with Gasteiger partial charge in [0.2, 0.25) is 6.29 Å². The predicted molar refractivity (Wildman–Crippen MR) is 155 cm³/mol. The second-order valence-electron chi connectivity index (χ2n) is 10.5. The summed E-state index contributed by atoms with van der Waals surface area (Å²) in [5.41, 5.74) is 4.24. The minimum atomic E-state index is -0.586. The molecule has 0 bridgehead atoms. The van der Waals surface area contributed by atoms with Crippen LogP contribution in [-0.2, 0) is 43.5 Å². The molecule has 4 aromatic rings. The summed E-state index contributed by atoms with van der Waals surface area (Å²) in [5, 5.41) is 0. The first-order valence-electron chi connectivity index (χ1n) is 14.2. The zero-order valence-corrected chi connectivity index (χ0v) is 23.2. The van der Waals surface area contributed by atoms with Crippen LogP contribution < -0.4 is 4.74 Å². The molecule has 0 saturated carbocycles. The van der Waals surface area contributed by atoms with Crippen molar-refractivity contribution >= 4 is 0 Å². The Hall–Kier alpha value is -3.52. The molecule has 212 valence electrons. The van der Waals surface area contributed by atoms with Crippen molar-refractivity contribution in [3.8, 4) is 5.75 Å². The summed E-state index contributed by atoms with van der Waals surface area (Å²) in [5.74, 6) is 0.500. The Morgan fingerprint density at radius 1 is 0.610 bits per heavy atom. The van der Waals surface area contributed by atoms with Crippen molar-refractivity contribution < 1.29 is 28.4 Å². The molecule has 1 saturated heterocycles. The van der Waals surface area contributed by atoms with E-state index in [4.69, 9.17) is 28.4 Å². The van der Waals surface area contributed by atoms with Crippen LogP contribution in [0.25, 0.3) is 0 Å². The van der Waals surface area contributed by atoms with Crippen molar-refractivity contribution in [2.45, 2.75) is 50.5 Å². The molecule has 6 nitrogen and oxygen atoms in total. The van der Waals surface area contributed by atoms with E-state index in [0.717, 1.165) is 28.0 Å². The van der Waals surface area contributed by atoms with Gasteiger partial charge in [-0.15, -0.1) is 0 Å². The molecule has 6 atom stereocenters. The highest BCUT2D eigenvalue weighted by atomic mass is 16.7. The summed E-state index contributed by atoms with van der Waals surface area (Å²) in [6.07, 6.45) is -2.12. The van der Waals surface area contributed by atoms with Gasteiger partial charge in [0.1, 0.15) is 18.0 Å². The zero-order valence-electron chi connectivity index (χ0n) is 23.2. The van der Waals surface area contributed by atoms with Crippen LogP contribution in [0.2, 0.25) is 0 Å². The topological polar surface area (TPSA) is 55.4 Å². The lowest BCUT2D eigenvalue weighted by Gasteiger charge is -2.50. The summed E-state index contributed by atoms with van der Waals surface area (Å²) in [6.45, 7) is 1.64. The average Bonchev–Trinajstić information content (AvgIpc) is 3.03. The fourth-order valence-electron chi connectivity index (χ4n) is 5.73. The van der Waals surface area contributed by atoms with Gasteiger partial charge in [-0.05, 0) is 22.8 Å². The third-order valence-corrected chi connectivity index (χ3v) is 7.73. The van der Waals surface area contributed by atoms with E-state index in [1.807, 2.05) is 78.9 Å². The molecular weight excluding hydrogens is 516 g/mol. The molecule has 0 spiro atoms. The Labute approximate surface area is 241 Å². The van der Waals surface area contributed by atoms with Gasteiger partial charge in [0, 0.05) is 12.7 Å². The molecule has 0 radical (unpaired) electrons. The van der Waals surface area contributed by atoms with Gasteiger partial charge in [-0.1, -0.05) is 109 Å². The minimum absolute atomic E-state index is 0.259. The molecule has 6 rings (SSSR count). The fraction of sp³-hybridized carbons (Fsp3) is 0.314. The molecule has 6 unspecified atom stereocenters. The van der Waals surface area contributed by atoms with Crippen molar-refractivity contribution in [1.82, 2.24) is 0 Å². The van der Waals surface area contributed by atoms with Gasteiger partial charge in [-0.25, -0.2) is 0 Å². The molecule has 0 N–H and O–H groups in total. The highest BCUT2D eigenvalue weighted by Crippen LogP contribution is 2.47. The monoisotopic (exact) mass is 552 g/mol. The molecule has 1 fully saturated rings. The maximum absolute atomic E-state index is 6.76. The van der Waals surface area contributed by atoms with Crippen molar-refractivity contribution in [3.05, 3.63) is 138 Å². The van der Waals surface area contributed by atoms with Crippen LogP contribution in [0, 0.1) is 5.92 Å². The lowest BCUT2D eigenvalue weighted by atomic mass is 9.81. The Balaban J connectivity index is 1.31. The number of fused-ring (bicyclic) bond motifs is 2. The van der Waals surface area contributed by atoms with E-state index in [2.05, 4.69) is 36.4 Å². The highest BCUT2D eigenvalue weighted by molar-refractivity contribution is 5.38. The third-order valence-electron chi connectivity index (χ3n) is 7.73. The standard InChI is InChI=1S/C35H36O6/c1-36-32-28-19-11-12-20-29(28)40-35-31(32)34(39-23-27-17-9-4-10-18-27)33(38-22-26-15-7-3-8-16-26)30(41-35)24-37-21-25-13-5-2-6-14-25/h2-20,30-35H,21-24H2,1H3. The smallest absolute Gasteiger partial charge is 0.208 e. The minimum Gasteiger partial charge on any atom is -0.464 e. The Morgan fingerprint density at radius 3 is 1.76 bits per heavy atom. The summed E-state index contributed by atoms with van der Waals surface area (Å²) < 4.78 is 38.9. The molecule has 2 aliphatic rings. The van der Waals surface area contributed by atoms with E-state index >= 15 is 0 Å². The summed E-state index contributed by atoms with van der Waals surface area (Å²) in [6, 6.07) is 38.4. The number of hydrogen-bond donors (Lipinski definition) is 0. The SMILES string of the molecule is COC1c2ccccc2OC2OC(COCc3ccccc3)C(OCc3ccccc3)C(OCc3ccccc3)C21. The van der Waals surface area contributed by atoms with Gasteiger partial charge in [0.25, 0.3) is 0 Å². The highest BCUT2D eigenvalue weighted by Gasteiger charge is 2.54. The normalized spacial score (nSPS) is 25.1. The Bertz CT molecular complexity index is 1350. The molecule has 0 amide bonds. The van der Waals surface area contributed by atoms with Gasteiger partial charge in [-0.2, -0.15) is 0 Å². The molecule has 4 aromatic carbocycles. The predicted octanol–water partition coefficient (Wildman–Crippen LogP) is 6.50. The lowest BCUT2D eigenvalue weighted by molar-refractivity contribution is -0.306. The fourth-order valence-corrected chi connectivity index (χ4v) is 5.73. The van der Waals surface area contributed by atoms with E-state index in [0.29, 0.717) is 26.4 Å². The molecular formula is C35H36O6. The van der Waals surface area contributed by atoms with E-state index in [1.54, 1.807) is 7.11 Å². The molecule has 41 heavy (non-hydrogen) atoms. The van der Waals surface area contributed by atoms with Crippen LogP contribution in [-0.4, -0.2) is 38.3 Å². The Morgan fingerprint density at radius 2 is 1.15 bits per heavy atom. The van der Waals surface area contributed by atoms with Crippen molar-refractivity contribution in [3.63, 3.8) is 0 Å². The largest absolute Gasteiger partial charge is 0.464 e. The van der Waals surface area contributed by atoms with Crippen LogP contribution in [0.5, 0.6) is 5.75 Å². The number of rotatable bonds is 11. The van der Waals surface area contributed by atoms with Crippen molar-refractivity contribution in [2.75, 3.05) is 13.7 Å². The van der Waals surface area contributed by atoms with Crippen LogP contribution in [0.4, 0.5) is 0 Å². The molecule has 0 aliphatic carbocycles. The molecule has 6 heteroatoms. The van der Waals surface area contributed by atoms with Crippen molar-refractivity contribution in [1.29, 1.82) is 0 Å². The van der Waals surface area contributed by atoms with E-state index in [9.17, 15) is 0 Å². The second kappa shape index (κ2) is 13.4. The number of para-hydroxylation sites is 1. The summed E-state index contributed by atoms with van der Waals surface area (Å²) in [7, 11) is 1.73. The van der Waals surface area contributed by atoms with Gasteiger partial charge in [-0.3, -0.25) is 0 Å². The first kappa shape index (κ1) is 27.6. The number of methoxy groups -OCH3 is 1. The molecule has 0 aromatic heterocycles. The number of benzene rings is 4. The summed E-state index contributed by atoms with van der Waals surface area (Å²) in [4.78, 5) is 0. The second-order valence-corrected chi connectivity index (χ2v) is 10.5. The van der Waals surface area contributed by atoms with Gasteiger partial charge >= 0.3 is 0 Å². The van der Waals surface area contributed by atoms with Crippen molar-refractivity contribution in [2.24, 2.45) is 5.92 Å². The molecule has 2 aliphatic heterocycles. The third kappa shape index (κ3) is 6.53. The van der Waals surface area contributed by atoms with Gasteiger partial charge < -0.3 is 28.4 Å². The van der Waals surface area contributed by atoms with Crippen LogP contribution in [0.15, 0.2) is 115 Å².